The molecule has 0 bridgehead atoms. The van der Waals surface area contributed by atoms with E-state index in [9.17, 15) is 4.79 Å². The minimum atomic E-state index is -0.239. The van der Waals surface area contributed by atoms with Crippen LogP contribution >= 0.6 is 0 Å². The number of hydrogen-bond donors (Lipinski definition) is 3. The lowest BCUT2D eigenvalue weighted by Gasteiger charge is -2.08. The molecule has 2 unspecified atom stereocenters. The van der Waals surface area contributed by atoms with Crippen molar-refractivity contribution in [3.05, 3.63) is 60.2 Å². The van der Waals surface area contributed by atoms with E-state index in [2.05, 4.69) is 45.6 Å². The summed E-state index contributed by atoms with van der Waals surface area (Å²) in [5, 5.41) is 4.22. The number of carbonyl (C=O) groups is 1. The number of hydrogen-bond acceptors (Lipinski definition) is 4. The summed E-state index contributed by atoms with van der Waals surface area (Å²) in [4.78, 5) is 12.0. The van der Waals surface area contributed by atoms with E-state index in [0.29, 0.717) is 0 Å². The molecule has 0 aromatic heterocycles. The lowest BCUT2D eigenvalue weighted by Crippen LogP contribution is -2.41. The van der Waals surface area contributed by atoms with Gasteiger partial charge in [-0.3, -0.25) is 10.2 Å². The van der Waals surface area contributed by atoms with Crippen LogP contribution in [0.4, 0.5) is 0 Å². The molecule has 1 aliphatic heterocycles. The number of nitrogens with zero attached hydrogens (tertiary/aromatic N) is 1. The van der Waals surface area contributed by atoms with E-state index in [0.717, 1.165) is 23.3 Å². The molecular weight excluding hydrogens is 300 g/mol. The van der Waals surface area contributed by atoms with Gasteiger partial charge in [0.25, 0.3) is 5.91 Å². The molecule has 3 N–H and O–H groups in total. The highest BCUT2D eigenvalue weighted by atomic mass is 16.2. The maximum atomic E-state index is 12.0. The smallest absolute Gasteiger partial charge is 0.258 e. The zero-order valence-electron chi connectivity index (χ0n) is 13.9. The molecule has 0 aliphatic carbocycles. The molecule has 5 nitrogen and oxygen atoms in total. The summed E-state index contributed by atoms with van der Waals surface area (Å²) >= 11 is 0. The highest BCUT2D eigenvalue weighted by Gasteiger charge is 2.26. The predicted molar refractivity (Wildman–Crippen MR) is 96.4 cm³/mol. The van der Waals surface area contributed by atoms with Gasteiger partial charge in [-0.15, -0.1) is 0 Å². The monoisotopic (exact) mass is 322 g/mol. The first-order chi connectivity index (χ1) is 11.6. The first-order valence-corrected chi connectivity index (χ1v) is 8.14. The van der Waals surface area contributed by atoms with Crippen LogP contribution in [-0.4, -0.2) is 23.7 Å². The van der Waals surface area contributed by atoms with Crippen molar-refractivity contribution in [2.75, 3.05) is 0 Å². The molecule has 1 amide bonds. The van der Waals surface area contributed by atoms with E-state index in [1.165, 1.54) is 5.56 Å². The third-order valence-electron chi connectivity index (χ3n) is 4.15. The van der Waals surface area contributed by atoms with Crippen LogP contribution in [0.5, 0.6) is 0 Å². The number of hydrazone groups is 1. The molecule has 1 aliphatic rings. The minimum Gasteiger partial charge on any atom is -0.271 e. The molecule has 24 heavy (non-hydrogen) atoms. The molecule has 0 radical (unpaired) electrons. The van der Waals surface area contributed by atoms with Crippen molar-refractivity contribution >= 4 is 11.6 Å². The second-order valence-electron chi connectivity index (χ2n) is 6.09. The van der Waals surface area contributed by atoms with Crippen LogP contribution in [-0.2, 0) is 4.79 Å². The molecule has 124 valence electrons. The van der Waals surface area contributed by atoms with Gasteiger partial charge >= 0.3 is 0 Å². The lowest BCUT2D eigenvalue weighted by atomic mass is 10.0. The fourth-order valence-corrected chi connectivity index (χ4v) is 2.70. The molecule has 1 saturated heterocycles. The number of hydrazine groups is 1. The average molecular weight is 322 g/mol. The number of rotatable bonds is 4. The molecule has 3 rings (SSSR count). The van der Waals surface area contributed by atoms with Gasteiger partial charge in [0.1, 0.15) is 6.04 Å². The number of carbonyl (C=O) groups excluding carboxylic acids is 1. The van der Waals surface area contributed by atoms with Gasteiger partial charge in [-0.05, 0) is 37.0 Å². The van der Waals surface area contributed by atoms with Crippen LogP contribution in [0.1, 0.15) is 25.8 Å². The van der Waals surface area contributed by atoms with Crippen LogP contribution in [0.15, 0.2) is 59.7 Å². The van der Waals surface area contributed by atoms with E-state index >= 15 is 0 Å². The second kappa shape index (κ2) is 7.38. The van der Waals surface area contributed by atoms with Gasteiger partial charge in [0.2, 0.25) is 0 Å². The lowest BCUT2D eigenvalue weighted by molar-refractivity contribution is -0.122. The van der Waals surface area contributed by atoms with Gasteiger partial charge in [0, 0.05) is 6.04 Å². The van der Waals surface area contributed by atoms with Crippen molar-refractivity contribution in [3.63, 3.8) is 0 Å². The van der Waals surface area contributed by atoms with Crippen LogP contribution in [0, 0.1) is 0 Å². The van der Waals surface area contributed by atoms with Gasteiger partial charge in [-0.2, -0.15) is 5.10 Å². The van der Waals surface area contributed by atoms with E-state index in [4.69, 9.17) is 0 Å². The Bertz CT molecular complexity index is 725. The van der Waals surface area contributed by atoms with Crippen molar-refractivity contribution in [3.8, 4) is 11.1 Å². The molecule has 1 fully saturated rings. The van der Waals surface area contributed by atoms with E-state index < -0.39 is 0 Å². The molecule has 2 aromatic carbocycles. The zero-order chi connectivity index (χ0) is 16.9. The highest BCUT2D eigenvalue weighted by molar-refractivity contribution is 5.99. The topological polar surface area (TPSA) is 65.5 Å². The zero-order valence-corrected chi connectivity index (χ0v) is 13.9. The molecule has 0 spiro atoms. The third kappa shape index (κ3) is 3.88. The van der Waals surface area contributed by atoms with Crippen molar-refractivity contribution in [2.24, 2.45) is 5.10 Å². The normalized spacial score (nSPS) is 20.8. The average Bonchev–Trinajstić information content (AvgIpc) is 3.07. The summed E-state index contributed by atoms with van der Waals surface area (Å²) in [5.41, 5.74) is 12.7. The van der Waals surface area contributed by atoms with Crippen LogP contribution < -0.4 is 16.3 Å². The Balaban J connectivity index is 1.64. The van der Waals surface area contributed by atoms with Crippen molar-refractivity contribution in [1.29, 1.82) is 0 Å². The third-order valence-corrected chi connectivity index (χ3v) is 4.15. The van der Waals surface area contributed by atoms with Crippen molar-refractivity contribution < 1.29 is 4.79 Å². The predicted octanol–water partition coefficient (Wildman–Crippen LogP) is 2.45. The van der Waals surface area contributed by atoms with Gasteiger partial charge < -0.3 is 0 Å². The maximum Gasteiger partial charge on any atom is 0.258 e. The van der Waals surface area contributed by atoms with Gasteiger partial charge in [-0.25, -0.2) is 10.9 Å². The molecule has 1 heterocycles. The molecule has 2 atom stereocenters. The number of nitrogens with one attached hydrogen (secondary N) is 3. The summed E-state index contributed by atoms with van der Waals surface area (Å²) in [6, 6.07) is 18.4. The Morgan fingerprint density at radius 3 is 2.33 bits per heavy atom. The largest absolute Gasteiger partial charge is 0.271 e. The van der Waals surface area contributed by atoms with Crippen LogP contribution in [0.25, 0.3) is 11.1 Å². The van der Waals surface area contributed by atoms with Gasteiger partial charge in [0.05, 0.1) is 5.71 Å². The fourth-order valence-electron chi connectivity index (χ4n) is 2.70. The summed E-state index contributed by atoms with van der Waals surface area (Å²) in [7, 11) is 0. The highest BCUT2D eigenvalue weighted by Crippen LogP contribution is 2.19. The minimum absolute atomic E-state index is 0.118. The second-order valence-corrected chi connectivity index (χ2v) is 6.09. The first kappa shape index (κ1) is 16.4. The summed E-state index contributed by atoms with van der Waals surface area (Å²) in [6.45, 7) is 3.92. The Morgan fingerprint density at radius 1 is 1.04 bits per heavy atom. The standard InChI is InChI=1S/C19H22N4O/c1-13-12-18(22-20-13)19(24)23-21-14(2)15-8-10-17(11-9-15)16-6-4-3-5-7-16/h3-11,13,18,20,22H,12H2,1-2H3,(H,23,24)/b21-14+. The van der Waals surface area contributed by atoms with Crippen LogP contribution in [0.2, 0.25) is 0 Å². The van der Waals surface area contributed by atoms with E-state index in [-0.39, 0.29) is 18.0 Å². The van der Waals surface area contributed by atoms with Gasteiger partial charge in [0.15, 0.2) is 0 Å². The Kier molecular flexibility index (Phi) is 5.03. The fraction of sp³-hybridized carbons (Fsp3) is 0.263. The SMILES string of the molecule is C/C(=N\NC(=O)C1CC(C)NN1)c1ccc(-c2ccccc2)cc1. The summed E-state index contributed by atoms with van der Waals surface area (Å²) < 4.78 is 0. The Morgan fingerprint density at radius 2 is 1.71 bits per heavy atom. The van der Waals surface area contributed by atoms with Crippen LogP contribution in [0.3, 0.4) is 0 Å². The first-order valence-electron chi connectivity index (χ1n) is 8.14. The number of amides is 1. The Hall–Kier alpha value is -2.50. The quantitative estimate of drug-likeness (QED) is 0.598. The summed E-state index contributed by atoms with van der Waals surface area (Å²) in [5.74, 6) is -0.118. The van der Waals surface area contributed by atoms with Crippen molar-refractivity contribution in [2.45, 2.75) is 32.4 Å². The van der Waals surface area contributed by atoms with Gasteiger partial charge in [-0.1, -0.05) is 54.6 Å². The summed E-state index contributed by atoms with van der Waals surface area (Å²) in [6.07, 6.45) is 0.756. The number of benzene rings is 2. The van der Waals surface area contributed by atoms with Crippen molar-refractivity contribution in [1.82, 2.24) is 16.3 Å². The Labute approximate surface area is 142 Å². The van der Waals surface area contributed by atoms with E-state index in [1.54, 1.807) is 0 Å². The molecular formula is C19H22N4O. The molecule has 2 aromatic rings. The maximum absolute atomic E-state index is 12.0. The van der Waals surface area contributed by atoms with E-state index in [1.807, 2.05) is 44.2 Å². The molecule has 0 saturated carbocycles. The molecule has 5 heteroatoms.